The lowest BCUT2D eigenvalue weighted by atomic mass is 9.99. The molecule has 17 heavy (non-hydrogen) atoms. The predicted octanol–water partition coefficient (Wildman–Crippen LogP) is 1.83. The summed E-state index contributed by atoms with van der Waals surface area (Å²) in [5.41, 5.74) is -2.71. The zero-order valence-electron chi connectivity index (χ0n) is 10.0. The summed E-state index contributed by atoms with van der Waals surface area (Å²) >= 11 is 0. The molecule has 0 amide bonds. The van der Waals surface area contributed by atoms with E-state index in [1.165, 1.54) is 20.8 Å². The van der Waals surface area contributed by atoms with Crippen molar-refractivity contribution >= 4 is 17.0 Å². The van der Waals surface area contributed by atoms with Crippen molar-refractivity contribution in [2.24, 2.45) is 0 Å². The molecular weight excluding hydrogens is 259 g/mol. The van der Waals surface area contributed by atoms with E-state index in [4.69, 9.17) is 5.11 Å². The maximum Gasteiger partial charge on any atom is 0.407 e. The van der Waals surface area contributed by atoms with Gasteiger partial charge in [0.2, 0.25) is 0 Å². The number of aliphatic carboxylic acids is 1. The molecule has 0 bridgehead atoms. The van der Waals surface area contributed by atoms with Crippen molar-refractivity contribution in [1.29, 1.82) is 0 Å². The number of carboxylic acid groups (broad SMARTS) is 1. The fourth-order valence-corrected chi connectivity index (χ4v) is 1.76. The van der Waals surface area contributed by atoms with Gasteiger partial charge in [0, 0.05) is 0 Å². The Morgan fingerprint density at radius 3 is 1.88 bits per heavy atom. The van der Waals surface area contributed by atoms with Crippen LogP contribution in [0.25, 0.3) is 0 Å². The van der Waals surface area contributed by atoms with E-state index in [1.807, 2.05) is 4.72 Å². The van der Waals surface area contributed by atoms with Gasteiger partial charge in [-0.2, -0.15) is 13.2 Å². The molecule has 102 valence electrons. The Morgan fingerprint density at radius 2 is 1.65 bits per heavy atom. The summed E-state index contributed by atoms with van der Waals surface area (Å²) in [6.45, 7) is 5.17. The van der Waals surface area contributed by atoms with Crippen LogP contribution in [0.2, 0.25) is 0 Å². The molecule has 0 aromatic heterocycles. The second-order valence-electron chi connectivity index (χ2n) is 4.88. The summed E-state index contributed by atoms with van der Waals surface area (Å²) in [6, 6.07) is 0. The largest absolute Gasteiger partial charge is 0.481 e. The zero-order chi connectivity index (χ0) is 14.1. The van der Waals surface area contributed by atoms with Gasteiger partial charge in [0.05, 0.1) is 22.2 Å². The first-order valence-electron chi connectivity index (χ1n) is 4.78. The number of hydrogen-bond acceptors (Lipinski definition) is 2. The van der Waals surface area contributed by atoms with Gasteiger partial charge in [0.1, 0.15) is 5.54 Å². The number of halogens is 3. The number of carbonyl (C=O) groups is 1. The van der Waals surface area contributed by atoms with Crippen LogP contribution in [0.3, 0.4) is 0 Å². The van der Waals surface area contributed by atoms with Crippen LogP contribution in [-0.4, -0.2) is 31.7 Å². The highest BCUT2D eigenvalue weighted by Crippen LogP contribution is 2.34. The third-order valence-electron chi connectivity index (χ3n) is 2.00. The minimum absolute atomic E-state index is 0.685. The van der Waals surface area contributed by atoms with Crippen molar-refractivity contribution in [2.45, 2.75) is 50.6 Å². The first-order chi connectivity index (χ1) is 7.29. The second kappa shape index (κ2) is 4.93. The Kier molecular flexibility index (Phi) is 4.75. The Hall–Kier alpha value is -0.630. The molecule has 0 saturated carbocycles. The molecule has 2 N–H and O–H groups in total. The fourth-order valence-electron chi connectivity index (χ4n) is 0.854. The van der Waals surface area contributed by atoms with Gasteiger partial charge in [0.15, 0.2) is 0 Å². The van der Waals surface area contributed by atoms with E-state index in [9.17, 15) is 22.2 Å². The van der Waals surface area contributed by atoms with E-state index in [1.54, 1.807) is 0 Å². The molecule has 0 fully saturated rings. The second-order valence-corrected chi connectivity index (χ2v) is 6.85. The standard InChI is InChI=1S/C9H16F3NO3S/c1-7(2,3)17(16)13-8(4,5-6(14)15)9(10,11)12/h13H,5H2,1-4H3,(H,14,15)/t8-,17+/m1/s1. The van der Waals surface area contributed by atoms with E-state index >= 15 is 0 Å². The minimum atomic E-state index is -4.80. The summed E-state index contributed by atoms with van der Waals surface area (Å²) < 4.78 is 50.8. The summed E-state index contributed by atoms with van der Waals surface area (Å²) in [4.78, 5) is 10.5. The van der Waals surface area contributed by atoms with Gasteiger partial charge in [-0.3, -0.25) is 4.79 Å². The summed E-state index contributed by atoms with van der Waals surface area (Å²) in [6.07, 6.45) is -5.98. The molecule has 0 aromatic carbocycles. The Bertz CT molecular complexity index is 324. The average molecular weight is 275 g/mol. The van der Waals surface area contributed by atoms with Crippen molar-refractivity contribution in [3.63, 3.8) is 0 Å². The Morgan fingerprint density at radius 1 is 1.24 bits per heavy atom. The van der Waals surface area contributed by atoms with Crippen LogP contribution < -0.4 is 4.72 Å². The highest BCUT2D eigenvalue weighted by Gasteiger charge is 2.54. The molecular formula is C9H16F3NO3S. The van der Waals surface area contributed by atoms with E-state index < -0.39 is 39.8 Å². The predicted molar refractivity (Wildman–Crippen MR) is 57.7 cm³/mol. The van der Waals surface area contributed by atoms with Gasteiger partial charge in [-0.05, 0) is 27.7 Å². The van der Waals surface area contributed by atoms with Crippen molar-refractivity contribution in [1.82, 2.24) is 4.72 Å². The van der Waals surface area contributed by atoms with E-state index in [2.05, 4.69) is 0 Å². The zero-order valence-corrected chi connectivity index (χ0v) is 10.8. The number of hydrogen-bond donors (Lipinski definition) is 2. The van der Waals surface area contributed by atoms with Gasteiger partial charge in [0.25, 0.3) is 0 Å². The van der Waals surface area contributed by atoms with Crippen LogP contribution in [0.4, 0.5) is 13.2 Å². The third-order valence-corrected chi connectivity index (χ3v) is 3.75. The van der Waals surface area contributed by atoms with E-state index in [0.29, 0.717) is 6.92 Å². The SMILES string of the molecule is CC(C)(C)[S@](=O)N[C@](C)(CC(=O)O)C(F)(F)F. The van der Waals surface area contributed by atoms with Crippen molar-refractivity contribution < 1.29 is 27.3 Å². The van der Waals surface area contributed by atoms with Crippen LogP contribution in [0.5, 0.6) is 0 Å². The van der Waals surface area contributed by atoms with Gasteiger partial charge < -0.3 is 5.11 Å². The Labute approximate surface area is 100 Å². The van der Waals surface area contributed by atoms with Gasteiger partial charge in [-0.15, -0.1) is 0 Å². The van der Waals surface area contributed by atoms with Crippen molar-refractivity contribution in [3.8, 4) is 0 Å². The van der Waals surface area contributed by atoms with Crippen LogP contribution in [0.15, 0.2) is 0 Å². The number of rotatable bonds is 4. The molecule has 0 rings (SSSR count). The molecule has 0 unspecified atom stereocenters. The highest BCUT2D eigenvalue weighted by molar-refractivity contribution is 7.84. The summed E-state index contributed by atoms with van der Waals surface area (Å²) in [5, 5.41) is 8.49. The molecule has 0 aliphatic rings. The van der Waals surface area contributed by atoms with Gasteiger partial charge in [-0.25, -0.2) is 8.93 Å². The average Bonchev–Trinajstić information content (AvgIpc) is 1.97. The molecule has 0 saturated heterocycles. The number of nitrogens with one attached hydrogen (secondary N) is 1. The molecule has 0 radical (unpaired) electrons. The van der Waals surface area contributed by atoms with E-state index in [-0.39, 0.29) is 0 Å². The first kappa shape index (κ1) is 16.4. The topological polar surface area (TPSA) is 66.4 Å². The molecule has 0 spiro atoms. The van der Waals surface area contributed by atoms with Crippen LogP contribution in [0.1, 0.15) is 34.1 Å². The molecule has 8 heteroatoms. The maximum atomic E-state index is 12.8. The van der Waals surface area contributed by atoms with Crippen molar-refractivity contribution in [3.05, 3.63) is 0 Å². The monoisotopic (exact) mass is 275 g/mol. The van der Waals surface area contributed by atoms with E-state index in [0.717, 1.165) is 0 Å². The highest BCUT2D eigenvalue weighted by atomic mass is 32.2. The molecule has 0 aromatic rings. The van der Waals surface area contributed by atoms with Crippen LogP contribution in [-0.2, 0) is 15.8 Å². The lowest BCUT2D eigenvalue weighted by Gasteiger charge is -2.33. The van der Waals surface area contributed by atoms with Gasteiger partial charge >= 0.3 is 12.1 Å². The molecule has 4 nitrogen and oxygen atoms in total. The quantitative estimate of drug-likeness (QED) is 0.822. The smallest absolute Gasteiger partial charge is 0.407 e. The normalized spacial score (nSPS) is 18.5. The van der Waals surface area contributed by atoms with Crippen molar-refractivity contribution in [2.75, 3.05) is 0 Å². The lowest BCUT2D eigenvalue weighted by molar-refractivity contribution is -0.192. The maximum absolute atomic E-state index is 12.8. The molecule has 0 aliphatic carbocycles. The van der Waals surface area contributed by atoms with Crippen LogP contribution in [0, 0.1) is 0 Å². The Balaban J connectivity index is 5.11. The van der Waals surface area contributed by atoms with Gasteiger partial charge in [-0.1, -0.05) is 0 Å². The lowest BCUT2D eigenvalue weighted by Crippen LogP contribution is -2.58. The summed E-state index contributed by atoms with van der Waals surface area (Å²) in [5.74, 6) is -1.61. The first-order valence-corrected chi connectivity index (χ1v) is 5.93. The summed E-state index contributed by atoms with van der Waals surface area (Å²) in [7, 11) is -2.00. The molecule has 0 heterocycles. The number of carboxylic acids is 1. The van der Waals surface area contributed by atoms with Crippen LogP contribution >= 0.6 is 0 Å². The molecule has 0 aliphatic heterocycles. The third kappa shape index (κ3) is 4.63. The minimum Gasteiger partial charge on any atom is -0.481 e. The number of alkyl halides is 3. The fraction of sp³-hybridized carbons (Fsp3) is 0.889. The molecule has 2 atom stereocenters.